The van der Waals surface area contributed by atoms with E-state index < -0.39 is 0 Å². The number of benzene rings is 1. The van der Waals surface area contributed by atoms with Crippen LogP contribution in [0, 0.1) is 0 Å². The van der Waals surface area contributed by atoms with Crippen molar-refractivity contribution in [3.8, 4) is 0 Å². The Labute approximate surface area is 141 Å². The number of nitrogens with one attached hydrogen (secondary N) is 2. The van der Waals surface area contributed by atoms with Gasteiger partial charge in [0.1, 0.15) is 5.82 Å². The molecular formula is C18H20ClN3O. The van der Waals surface area contributed by atoms with Crippen molar-refractivity contribution >= 4 is 29.0 Å². The van der Waals surface area contributed by atoms with E-state index in [1.165, 1.54) is 19.3 Å². The lowest BCUT2D eigenvalue weighted by molar-refractivity contribution is 0.0927. The maximum Gasteiger partial charge on any atom is 0.253 e. The number of hydrogen-bond acceptors (Lipinski definition) is 3. The van der Waals surface area contributed by atoms with Crippen molar-refractivity contribution in [2.24, 2.45) is 0 Å². The van der Waals surface area contributed by atoms with Crippen LogP contribution >= 0.6 is 11.6 Å². The van der Waals surface area contributed by atoms with Gasteiger partial charge in [0.2, 0.25) is 0 Å². The normalized spacial score (nSPS) is 15.2. The molecule has 2 N–H and O–H groups in total. The number of aromatic nitrogens is 1. The van der Waals surface area contributed by atoms with Gasteiger partial charge in [-0.15, -0.1) is 0 Å². The maximum absolute atomic E-state index is 12.2. The number of amides is 1. The zero-order chi connectivity index (χ0) is 16.1. The van der Waals surface area contributed by atoms with Gasteiger partial charge >= 0.3 is 0 Å². The quantitative estimate of drug-likeness (QED) is 0.865. The van der Waals surface area contributed by atoms with E-state index in [4.69, 9.17) is 11.6 Å². The summed E-state index contributed by atoms with van der Waals surface area (Å²) in [6.07, 6.45) is 7.43. The predicted molar refractivity (Wildman–Crippen MR) is 93.3 cm³/mol. The summed E-state index contributed by atoms with van der Waals surface area (Å²) in [6.45, 7) is 0. The zero-order valence-electron chi connectivity index (χ0n) is 12.9. The lowest BCUT2D eigenvalue weighted by atomic mass is 9.95. The van der Waals surface area contributed by atoms with Crippen molar-refractivity contribution in [1.82, 2.24) is 10.3 Å². The first-order valence-electron chi connectivity index (χ1n) is 8.00. The Balaban J connectivity index is 1.61. The van der Waals surface area contributed by atoms with Crippen LogP contribution in [0.25, 0.3) is 0 Å². The molecule has 0 bridgehead atoms. The van der Waals surface area contributed by atoms with Crippen LogP contribution in [0.4, 0.5) is 11.5 Å². The molecule has 0 unspecified atom stereocenters. The van der Waals surface area contributed by atoms with Gasteiger partial charge in [-0.3, -0.25) is 4.79 Å². The summed E-state index contributed by atoms with van der Waals surface area (Å²) in [6, 6.07) is 11.3. The predicted octanol–water partition coefficient (Wildman–Crippen LogP) is 4.54. The average molecular weight is 330 g/mol. The number of carbonyl (C=O) groups is 1. The minimum absolute atomic E-state index is 0.0429. The van der Waals surface area contributed by atoms with E-state index in [0.717, 1.165) is 18.5 Å². The van der Waals surface area contributed by atoms with Crippen molar-refractivity contribution in [2.75, 3.05) is 5.32 Å². The standard InChI is InChI=1S/C18H20ClN3O/c19-14-5-4-8-16(11-14)21-17-10-9-13(12-20-17)18(23)22-15-6-2-1-3-7-15/h4-5,8-12,15H,1-3,6-7H2,(H,20,21)(H,22,23). The topological polar surface area (TPSA) is 54.0 Å². The van der Waals surface area contributed by atoms with Crippen LogP contribution in [0.3, 0.4) is 0 Å². The van der Waals surface area contributed by atoms with Gasteiger partial charge in [-0.1, -0.05) is 36.9 Å². The Morgan fingerprint density at radius 2 is 1.96 bits per heavy atom. The first kappa shape index (κ1) is 15.8. The number of hydrogen-bond donors (Lipinski definition) is 2. The molecule has 0 atom stereocenters. The average Bonchev–Trinajstić information content (AvgIpc) is 2.56. The zero-order valence-corrected chi connectivity index (χ0v) is 13.6. The van der Waals surface area contributed by atoms with Crippen LogP contribution in [0.1, 0.15) is 42.5 Å². The molecule has 3 rings (SSSR count). The molecular weight excluding hydrogens is 310 g/mol. The highest BCUT2D eigenvalue weighted by Crippen LogP contribution is 2.20. The van der Waals surface area contributed by atoms with Crippen LogP contribution < -0.4 is 10.6 Å². The minimum atomic E-state index is -0.0429. The minimum Gasteiger partial charge on any atom is -0.349 e. The van der Waals surface area contributed by atoms with Crippen LogP contribution in [-0.2, 0) is 0 Å². The highest BCUT2D eigenvalue weighted by Gasteiger charge is 2.16. The number of halogens is 1. The van der Waals surface area contributed by atoms with Crippen LogP contribution in [0.2, 0.25) is 5.02 Å². The first-order chi connectivity index (χ1) is 11.2. The van der Waals surface area contributed by atoms with Crippen molar-refractivity contribution in [2.45, 2.75) is 38.1 Å². The third-order valence-electron chi connectivity index (χ3n) is 4.06. The third kappa shape index (κ3) is 4.45. The molecule has 2 aromatic rings. The number of carbonyl (C=O) groups excluding carboxylic acids is 1. The van der Waals surface area contributed by atoms with Gasteiger partial charge in [0.25, 0.3) is 5.91 Å². The largest absolute Gasteiger partial charge is 0.349 e. The summed E-state index contributed by atoms with van der Waals surface area (Å²) in [4.78, 5) is 16.5. The van der Waals surface area contributed by atoms with E-state index in [-0.39, 0.29) is 5.91 Å². The van der Waals surface area contributed by atoms with Gasteiger partial charge in [0, 0.05) is 22.9 Å². The fourth-order valence-corrected chi connectivity index (χ4v) is 3.02. The highest BCUT2D eigenvalue weighted by molar-refractivity contribution is 6.30. The Kier molecular flexibility index (Phi) is 5.13. The summed E-state index contributed by atoms with van der Waals surface area (Å²) in [5, 5.41) is 6.93. The van der Waals surface area contributed by atoms with Gasteiger partial charge < -0.3 is 10.6 Å². The second-order valence-electron chi connectivity index (χ2n) is 5.88. The van der Waals surface area contributed by atoms with E-state index in [1.807, 2.05) is 24.3 Å². The summed E-state index contributed by atoms with van der Waals surface area (Å²) in [5.41, 5.74) is 1.46. The fraction of sp³-hybridized carbons (Fsp3) is 0.333. The molecule has 1 aliphatic rings. The second-order valence-corrected chi connectivity index (χ2v) is 6.31. The fourth-order valence-electron chi connectivity index (χ4n) is 2.83. The molecule has 1 fully saturated rings. The van der Waals surface area contributed by atoms with E-state index in [0.29, 0.717) is 22.4 Å². The first-order valence-corrected chi connectivity index (χ1v) is 8.38. The molecule has 120 valence electrons. The van der Waals surface area contributed by atoms with Crippen LogP contribution in [0.5, 0.6) is 0 Å². The lowest BCUT2D eigenvalue weighted by Gasteiger charge is -2.22. The molecule has 1 heterocycles. The Morgan fingerprint density at radius 3 is 2.65 bits per heavy atom. The van der Waals surface area contributed by atoms with Gasteiger partial charge in [-0.05, 0) is 43.2 Å². The molecule has 4 nitrogen and oxygen atoms in total. The Bertz CT molecular complexity index is 666. The molecule has 0 aliphatic heterocycles. The van der Waals surface area contributed by atoms with Crippen molar-refractivity contribution in [3.05, 3.63) is 53.2 Å². The van der Waals surface area contributed by atoms with Gasteiger partial charge in [0.05, 0.1) is 5.56 Å². The summed E-state index contributed by atoms with van der Waals surface area (Å²) < 4.78 is 0. The lowest BCUT2D eigenvalue weighted by Crippen LogP contribution is -2.36. The summed E-state index contributed by atoms with van der Waals surface area (Å²) >= 11 is 5.96. The molecule has 0 spiro atoms. The van der Waals surface area contributed by atoms with Gasteiger partial charge in [-0.2, -0.15) is 0 Å². The SMILES string of the molecule is O=C(NC1CCCCC1)c1ccc(Nc2cccc(Cl)c2)nc1. The van der Waals surface area contributed by atoms with E-state index in [9.17, 15) is 4.79 Å². The molecule has 1 amide bonds. The number of rotatable bonds is 4. The van der Waals surface area contributed by atoms with Crippen LogP contribution in [-0.4, -0.2) is 16.9 Å². The molecule has 1 aromatic carbocycles. The van der Waals surface area contributed by atoms with E-state index in [1.54, 1.807) is 18.3 Å². The number of anilines is 2. The maximum atomic E-state index is 12.2. The molecule has 23 heavy (non-hydrogen) atoms. The van der Waals surface area contributed by atoms with Crippen LogP contribution in [0.15, 0.2) is 42.6 Å². The smallest absolute Gasteiger partial charge is 0.253 e. The summed E-state index contributed by atoms with van der Waals surface area (Å²) in [7, 11) is 0. The molecule has 0 radical (unpaired) electrons. The monoisotopic (exact) mass is 329 g/mol. The molecule has 1 aliphatic carbocycles. The van der Waals surface area contributed by atoms with E-state index in [2.05, 4.69) is 15.6 Å². The molecule has 0 saturated heterocycles. The third-order valence-corrected chi connectivity index (χ3v) is 4.30. The molecule has 1 saturated carbocycles. The van der Waals surface area contributed by atoms with Gasteiger partial charge in [0.15, 0.2) is 0 Å². The van der Waals surface area contributed by atoms with Crippen molar-refractivity contribution in [1.29, 1.82) is 0 Å². The highest BCUT2D eigenvalue weighted by atomic mass is 35.5. The van der Waals surface area contributed by atoms with Crippen molar-refractivity contribution < 1.29 is 4.79 Å². The number of nitrogens with zero attached hydrogens (tertiary/aromatic N) is 1. The number of pyridine rings is 1. The Morgan fingerprint density at radius 1 is 1.13 bits per heavy atom. The summed E-state index contributed by atoms with van der Waals surface area (Å²) in [5.74, 6) is 0.639. The molecule has 5 heteroatoms. The molecule has 1 aromatic heterocycles. The van der Waals surface area contributed by atoms with Gasteiger partial charge in [-0.25, -0.2) is 4.98 Å². The second kappa shape index (κ2) is 7.47. The van der Waals surface area contributed by atoms with Crippen molar-refractivity contribution in [3.63, 3.8) is 0 Å². The van der Waals surface area contributed by atoms with E-state index >= 15 is 0 Å². The Hall–Kier alpha value is -2.07.